The Morgan fingerprint density at radius 2 is 1.94 bits per heavy atom. The van der Waals surface area contributed by atoms with Crippen molar-refractivity contribution in [3.63, 3.8) is 0 Å². The Bertz CT molecular complexity index is 510. The molecule has 100 valence electrons. The average Bonchev–Trinajstić information content (AvgIpc) is 2.36. The van der Waals surface area contributed by atoms with Gasteiger partial charge in [0.15, 0.2) is 9.84 Å². The van der Waals surface area contributed by atoms with Crippen LogP contribution in [0.1, 0.15) is 18.5 Å². The van der Waals surface area contributed by atoms with E-state index in [9.17, 15) is 13.2 Å². The number of hydrogen-bond acceptors (Lipinski definition) is 4. The van der Waals surface area contributed by atoms with Gasteiger partial charge in [-0.1, -0.05) is 19.1 Å². The SMILES string of the molecule is CCS(=O)(=O)c1ccc(C(CN)NC(=O)O)cc1. The van der Waals surface area contributed by atoms with Crippen LogP contribution in [0.5, 0.6) is 0 Å². The predicted molar refractivity (Wildman–Crippen MR) is 67.1 cm³/mol. The number of carboxylic acid groups (broad SMARTS) is 1. The first kappa shape index (κ1) is 14.5. The summed E-state index contributed by atoms with van der Waals surface area (Å²) in [5.74, 6) is 0.0278. The minimum absolute atomic E-state index is 0.0278. The number of nitrogens with one attached hydrogen (secondary N) is 1. The lowest BCUT2D eigenvalue weighted by Gasteiger charge is -2.15. The molecule has 0 saturated heterocycles. The molecule has 1 atom stereocenters. The molecule has 1 unspecified atom stereocenters. The van der Waals surface area contributed by atoms with Crippen molar-refractivity contribution in [3.05, 3.63) is 29.8 Å². The molecule has 0 aliphatic rings. The van der Waals surface area contributed by atoms with Gasteiger partial charge in [-0.25, -0.2) is 13.2 Å². The molecule has 4 N–H and O–H groups in total. The van der Waals surface area contributed by atoms with E-state index < -0.39 is 22.0 Å². The second-order valence-electron chi connectivity index (χ2n) is 3.71. The summed E-state index contributed by atoms with van der Waals surface area (Å²) in [6.45, 7) is 1.67. The molecule has 0 aromatic heterocycles. The van der Waals surface area contributed by atoms with Crippen molar-refractivity contribution in [1.29, 1.82) is 0 Å². The Morgan fingerprint density at radius 1 is 1.39 bits per heavy atom. The van der Waals surface area contributed by atoms with E-state index >= 15 is 0 Å². The topological polar surface area (TPSA) is 109 Å². The molecule has 0 aliphatic heterocycles. The summed E-state index contributed by atoms with van der Waals surface area (Å²) in [5.41, 5.74) is 6.09. The van der Waals surface area contributed by atoms with Gasteiger partial charge in [-0.15, -0.1) is 0 Å². The van der Waals surface area contributed by atoms with Gasteiger partial charge in [0, 0.05) is 6.54 Å². The minimum atomic E-state index is -3.24. The molecule has 0 radical (unpaired) electrons. The fraction of sp³-hybridized carbons (Fsp3) is 0.364. The maximum Gasteiger partial charge on any atom is 0.405 e. The van der Waals surface area contributed by atoms with Crippen molar-refractivity contribution >= 4 is 15.9 Å². The first-order valence-corrected chi connectivity index (χ1v) is 7.08. The van der Waals surface area contributed by atoms with Crippen molar-refractivity contribution in [2.75, 3.05) is 12.3 Å². The summed E-state index contributed by atoms with van der Waals surface area (Å²) in [5, 5.41) is 10.9. The van der Waals surface area contributed by atoms with Crippen LogP contribution in [0.25, 0.3) is 0 Å². The molecule has 1 aromatic rings. The third-order valence-electron chi connectivity index (χ3n) is 2.56. The minimum Gasteiger partial charge on any atom is -0.465 e. The monoisotopic (exact) mass is 272 g/mol. The summed E-state index contributed by atoms with van der Waals surface area (Å²) >= 11 is 0. The first-order chi connectivity index (χ1) is 8.40. The van der Waals surface area contributed by atoms with Crippen LogP contribution in [0.4, 0.5) is 4.79 Å². The molecule has 0 saturated carbocycles. The second-order valence-corrected chi connectivity index (χ2v) is 5.99. The molecule has 7 heteroatoms. The van der Waals surface area contributed by atoms with Gasteiger partial charge in [0.2, 0.25) is 0 Å². The number of amides is 1. The molecule has 1 aromatic carbocycles. The summed E-state index contributed by atoms with van der Waals surface area (Å²) < 4.78 is 23.2. The van der Waals surface area contributed by atoms with Crippen molar-refractivity contribution in [1.82, 2.24) is 5.32 Å². The summed E-state index contributed by atoms with van der Waals surface area (Å²) in [7, 11) is -3.24. The average molecular weight is 272 g/mol. The zero-order valence-corrected chi connectivity index (χ0v) is 10.8. The predicted octanol–water partition coefficient (Wildman–Crippen LogP) is 0.748. The van der Waals surface area contributed by atoms with Crippen LogP contribution in [0.2, 0.25) is 0 Å². The standard InChI is InChI=1S/C11H16N2O4S/c1-2-18(16,17)9-5-3-8(4-6-9)10(7-12)13-11(14)15/h3-6,10,13H,2,7,12H2,1H3,(H,14,15). The highest BCUT2D eigenvalue weighted by Crippen LogP contribution is 2.16. The van der Waals surface area contributed by atoms with Crippen LogP contribution in [-0.2, 0) is 9.84 Å². The summed E-state index contributed by atoms with van der Waals surface area (Å²) in [6.07, 6.45) is -1.17. The van der Waals surface area contributed by atoms with Crippen molar-refractivity contribution < 1.29 is 18.3 Å². The highest BCUT2D eigenvalue weighted by Gasteiger charge is 2.15. The van der Waals surface area contributed by atoms with E-state index in [0.717, 1.165) is 0 Å². The number of sulfone groups is 1. The number of hydrogen-bond donors (Lipinski definition) is 3. The number of rotatable bonds is 5. The van der Waals surface area contributed by atoms with Gasteiger partial charge >= 0.3 is 6.09 Å². The summed E-state index contributed by atoms with van der Waals surface area (Å²) in [6, 6.07) is 5.51. The van der Waals surface area contributed by atoms with E-state index in [1.807, 2.05) is 0 Å². The lowest BCUT2D eigenvalue weighted by Crippen LogP contribution is -2.32. The highest BCUT2D eigenvalue weighted by molar-refractivity contribution is 7.91. The maximum atomic E-state index is 11.6. The second kappa shape index (κ2) is 5.83. The van der Waals surface area contributed by atoms with E-state index in [2.05, 4.69) is 5.32 Å². The third-order valence-corrected chi connectivity index (χ3v) is 4.31. The van der Waals surface area contributed by atoms with Crippen LogP contribution >= 0.6 is 0 Å². The third kappa shape index (κ3) is 3.44. The van der Waals surface area contributed by atoms with E-state index in [1.165, 1.54) is 12.1 Å². The number of carbonyl (C=O) groups is 1. The molecule has 0 heterocycles. The zero-order valence-electron chi connectivity index (χ0n) is 9.96. The molecule has 0 spiro atoms. The van der Waals surface area contributed by atoms with Crippen LogP contribution in [-0.4, -0.2) is 31.9 Å². The van der Waals surface area contributed by atoms with Gasteiger partial charge in [0.1, 0.15) is 0 Å². The van der Waals surface area contributed by atoms with E-state index in [0.29, 0.717) is 5.56 Å². The summed E-state index contributed by atoms with van der Waals surface area (Å²) in [4.78, 5) is 10.8. The zero-order chi connectivity index (χ0) is 13.8. The Morgan fingerprint density at radius 3 is 2.33 bits per heavy atom. The van der Waals surface area contributed by atoms with Crippen molar-refractivity contribution in [3.8, 4) is 0 Å². The molecule has 0 bridgehead atoms. The van der Waals surface area contributed by atoms with Crippen molar-refractivity contribution in [2.24, 2.45) is 5.73 Å². The van der Waals surface area contributed by atoms with Gasteiger partial charge in [0.25, 0.3) is 0 Å². The van der Waals surface area contributed by atoms with Gasteiger partial charge in [-0.2, -0.15) is 0 Å². The molecule has 0 fully saturated rings. The highest BCUT2D eigenvalue weighted by atomic mass is 32.2. The first-order valence-electron chi connectivity index (χ1n) is 5.43. The molecule has 6 nitrogen and oxygen atoms in total. The van der Waals surface area contributed by atoms with Gasteiger partial charge in [0.05, 0.1) is 16.7 Å². The van der Waals surface area contributed by atoms with Crippen LogP contribution in [0.15, 0.2) is 29.2 Å². The number of nitrogens with two attached hydrogens (primary N) is 1. The molecular weight excluding hydrogens is 256 g/mol. The van der Waals surface area contributed by atoms with Crippen LogP contribution in [0.3, 0.4) is 0 Å². The van der Waals surface area contributed by atoms with E-state index in [4.69, 9.17) is 10.8 Å². The lowest BCUT2D eigenvalue weighted by atomic mass is 10.1. The van der Waals surface area contributed by atoms with E-state index in [1.54, 1.807) is 19.1 Å². The molecule has 1 rings (SSSR count). The smallest absolute Gasteiger partial charge is 0.405 e. The normalized spacial score (nSPS) is 13.0. The van der Waals surface area contributed by atoms with Crippen molar-refractivity contribution in [2.45, 2.75) is 17.9 Å². The Hall–Kier alpha value is -1.60. The molecule has 1 amide bonds. The molecular formula is C11H16N2O4S. The maximum absolute atomic E-state index is 11.6. The van der Waals surface area contributed by atoms with Crippen LogP contribution in [0, 0.1) is 0 Å². The lowest BCUT2D eigenvalue weighted by molar-refractivity contribution is 0.190. The number of benzene rings is 1. The van der Waals surface area contributed by atoms with E-state index in [-0.39, 0.29) is 17.2 Å². The molecule has 18 heavy (non-hydrogen) atoms. The Kier molecular flexibility index (Phi) is 4.69. The van der Waals surface area contributed by atoms with Gasteiger partial charge in [-0.3, -0.25) is 0 Å². The van der Waals surface area contributed by atoms with Crippen LogP contribution < -0.4 is 11.1 Å². The quantitative estimate of drug-likeness (QED) is 0.732. The fourth-order valence-electron chi connectivity index (χ4n) is 1.50. The van der Waals surface area contributed by atoms with Gasteiger partial charge < -0.3 is 16.2 Å². The largest absolute Gasteiger partial charge is 0.465 e. The van der Waals surface area contributed by atoms with Gasteiger partial charge in [-0.05, 0) is 17.7 Å². The Balaban J connectivity index is 2.98. The fourth-order valence-corrected chi connectivity index (χ4v) is 2.39. The molecule has 0 aliphatic carbocycles. The Labute approximate surface area is 106 Å².